The van der Waals surface area contributed by atoms with Gasteiger partial charge >= 0.3 is 0 Å². The van der Waals surface area contributed by atoms with Gasteiger partial charge in [-0.3, -0.25) is 4.79 Å². The summed E-state index contributed by atoms with van der Waals surface area (Å²) >= 11 is 5.93. The lowest BCUT2D eigenvalue weighted by Crippen LogP contribution is -2.17. The van der Waals surface area contributed by atoms with Crippen LogP contribution in [0.1, 0.15) is 6.42 Å². The molecule has 1 aromatic carbocycles. The van der Waals surface area contributed by atoms with Crippen molar-refractivity contribution in [3.8, 4) is 6.07 Å². The van der Waals surface area contributed by atoms with Crippen LogP contribution in [0.25, 0.3) is 0 Å². The van der Waals surface area contributed by atoms with Crippen LogP contribution < -0.4 is 16.4 Å². The smallest absolute Gasteiger partial charge is 0.267 e. The van der Waals surface area contributed by atoms with Gasteiger partial charge < -0.3 is 21.5 Å². The molecule has 6 nitrogen and oxygen atoms in total. The maximum atomic E-state index is 11.9. The Morgan fingerprint density at radius 3 is 2.90 bits per heavy atom. The van der Waals surface area contributed by atoms with Gasteiger partial charge in [0.25, 0.3) is 5.91 Å². The van der Waals surface area contributed by atoms with Crippen LogP contribution in [0.2, 0.25) is 5.02 Å². The van der Waals surface area contributed by atoms with Crippen molar-refractivity contribution in [2.75, 3.05) is 24.2 Å². The van der Waals surface area contributed by atoms with E-state index in [1.54, 1.807) is 18.2 Å². The van der Waals surface area contributed by atoms with Gasteiger partial charge in [0.1, 0.15) is 11.6 Å². The topological polar surface area (TPSA) is 111 Å². The zero-order chi connectivity index (χ0) is 15.0. The van der Waals surface area contributed by atoms with E-state index in [1.807, 2.05) is 0 Å². The Balaban J connectivity index is 2.70. The first kappa shape index (κ1) is 15.8. The molecule has 0 saturated heterocycles. The summed E-state index contributed by atoms with van der Waals surface area (Å²) < 4.78 is 0. The fraction of sp³-hybridized carbons (Fsp3) is 0.231. The Labute approximate surface area is 121 Å². The van der Waals surface area contributed by atoms with Crippen molar-refractivity contribution in [2.45, 2.75) is 6.42 Å². The summed E-state index contributed by atoms with van der Waals surface area (Å²) in [5.74, 6) is -0.573. The normalized spacial score (nSPS) is 10.8. The van der Waals surface area contributed by atoms with Crippen molar-refractivity contribution in [1.29, 1.82) is 5.26 Å². The zero-order valence-electron chi connectivity index (χ0n) is 10.7. The van der Waals surface area contributed by atoms with Crippen LogP contribution in [0.5, 0.6) is 0 Å². The second-order valence-corrected chi connectivity index (χ2v) is 4.30. The quantitative estimate of drug-likeness (QED) is 0.273. The SMILES string of the molecule is N#C/C(=C/NCCCO)C(=O)Nc1ccc(N)cc1Cl. The molecular weight excluding hydrogens is 280 g/mol. The minimum Gasteiger partial charge on any atom is -0.399 e. The van der Waals surface area contributed by atoms with Crippen molar-refractivity contribution in [1.82, 2.24) is 5.32 Å². The first-order valence-corrected chi connectivity index (χ1v) is 6.27. The summed E-state index contributed by atoms with van der Waals surface area (Å²) in [6.07, 6.45) is 1.83. The van der Waals surface area contributed by atoms with Crippen LogP contribution >= 0.6 is 11.6 Å². The number of aliphatic hydroxyl groups excluding tert-OH is 1. The first-order valence-electron chi connectivity index (χ1n) is 5.89. The minimum atomic E-state index is -0.573. The van der Waals surface area contributed by atoms with Gasteiger partial charge in [0.05, 0.1) is 10.7 Å². The summed E-state index contributed by atoms with van der Waals surface area (Å²) in [7, 11) is 0. The first-order chi connectivity index (χ1) is 9.58. The Kier molecular flexibility index (Phi) is 6.37. The second-order valence-electron chi connectivity index (χ2n) is 3.89. The van der Waals surface area contributed by atoms with Gasteiger partial charge in [-0.15, -0.1) is 0 Å². The molecular formula is C13H15ClN4O2. The van der Waals surface area contributed by atoms with E-state index in [1.165, 1.54) is 12.3 Å². The number of anilines is 2. The van der Waals surface area contributed by atoms with E-state index in [0.29, 0.717) is 29.4 Å². The number of halogens is 1. The molecule has 0 aromatic heterocycles. The molecule has 0 bridgehead atoms. The summed E-state index contributed by atoms with van der Waals surface area (Å²) in [6, 6.07) is 6.45. The molecule has 0 fully saturated rings. The molecule has 7 heteroatoms. The summed E-state index contributed by atoms with van der Waals surface area (Å²) in [6.45, 7) is 0.507. The molecule has 0 atom stereocenters. The van der Waals surface area contributed by atoms with Crippen LogP contribution in [0.3, 0.4) is 0 Å². The summed E-state index contributed by atoms with van der Waals surface area (Å²) in [5.41, 5.74) is 6.32. The van der Waals surface area contributed by atoms with Crippen LogP contribution in [-0.2, 0) is 4.79 Å². The second kappa shape index (κ2) is 8.04. The third-order valence-electron chi connectivity index (χ3n) is 2.33. The van der Waals surface area contributed by atoms with Crippen molar-refractivity contribution in [3.05, 3.63) is 35.0 Å². The predicted octanol–water partition coefficient (Wildman–Crippen LogP) is 1.24. The average Bonchev–Trinajstić information content (AvgIpc) is 2.42. The molecule has 0 unspecified atom stereocenters. The molecule has 106 valence electrons. The fourth-order valence-electron chi connectivity index (χ4n) is 1.33. The van der Waals surface area contributed by atoms with Crippen molar-refractivity contribution in [3.63, 3.8) is 0 Å². The van der Waals surface area contributed by atoms with E-state index in [-0.39, 0.29) is 12.2 Å². The largest absolute Gasteiger partial charge is 0.399 e. The van der Waals surface area contributed by atoms with E-state index >= 15 is 0 Å². The predicted molar refractivity (Wildman–Crippen MR) is 77.9 cm³/mol. The molecule has 0 aliphatic heterocycles. The highest BCUT2D eigenvalue weighted by molar-refractivity contribution is 6.34. The number of hydrogen-bond acceptors (Lipinski definition) is 5. The molecule has 0 aliphatic rings. The molecule has 1 amide bonds. The third-order valence-corrected chi connectivity index (χ3v) is 2.64. The maximum absolute atomic E-state index is 11.9. The molecule has 0 radical (unpaired) electrons. The Hall–Kier alpha value is -2.23. The van der Waals surface area contributed by atoms with E-state index in [2.05, 4.69) is 10.6 Å². The van der Waals surface area contributed by atoms with Gasteiger partial charge in [0, 0.05) is 25.0 Å². The zero-order valence-corrected chi connectivity index (χ0v) is 11.4. The highest BCUT2D eigenvalue weighted by Crippen LogP contribution is 2.24. The number of nitrogen functional groups attached to an aromatic ring is 1. The molecule has 0 heterocycles. The van der Waals surface area contributed by atoms with Crippen molar-refractivity contribution in [2.24, 2.45) is 0 Å². The van der Waals surface area contributed by atoms with Crippen LogP contribution in [0.4, 0.5) is 11.4 Å². The lowest BCUT2D eigenvalue weighted by Gasteiger charge is -2.07. The molecule has 5 N–H and O–H groups in total. The Morgan fingerprint density at radius 2 is 2.30 bits per heavy atom. The number of nitrogens with one attached hydrogen (secondary N) is 2. The molecule has 1 rings (SSSR count). The number of nitrogens with two attached hydrogens (primary N) is 1. The molecule has 1 aromatic rings. The molecule has 0 saturated carbocycles. The highest BCUT2D eigenvalue weighted by Gasteiger charge is 2.11. The number of amides is 1. The number of hydrogen-bond donors (Lipinski definition) is 4. The minimum absolute atomic E-state index is 0.0377. The lowest BCUT2D eigenvalue weighted by molar-refractivity contribution is -0.112. The van der Waals surface area contributed by atoms with Gasteiger partial charge in [0.15, 0.2) is 0 Å². The van der Waals surface area contributed by atoms with Gasteiger partial charge in [0.2, 0.25) is 0 Å². The van der Waals surface area contributed by atoms with Crippen molar-refractivity contribution < 1.29 is 9.90 Å². The monoisotopic (exact) mass is 294 g/mol. The van der Waals surface area contributed by atoms with Crippen molar-refractivity contribution >= 4 is 28.9 Å². The van der Waals surface area contributed by atoms with Crippen LogP contribution in [-0.4, -0.2) is 24.2 Å². The number of rotatable bonds is 6. The van der Waals surface area contributed by atoms with Gasteiger partial charge in [-0.05, 0) is 24.6 Å². The van der Waals surface area contributed by atoms with E-state index in [0.717, 1.165) is 0 Å². The van der Waals surface area contributed by atoms with E-state index in [4.69, 9.17) is 27.7 Å². The number of nitriles is 1. The number of carbonyl (C=O) groups is 1. The average molecular weight is 295 g/mol. The molecule has 0 spiro atoms. The number of carbonyl (C=O) groups excluding carboxylic acids is 1. The molecule has 20 heavy (non-hydrogen) atoms. The third kappa shape index (κ3) is 4.80. The van der Waals surface area contributed by atoms with Gasteiger partial charge in [-0.2, -0.15) is 5.26 Å². The molecule has 0 aliphatic carbocycles. The lowest BCUT2D eigenvalue weighted by atomic mass is 10.2. The number of nitrogens with zero attached hydrogens (tertiary/aromatic N) is 1. The number of aliphatic hydroxyl groups is 1. The Morgan fingerprint density at radius 1 is 1.55 bits per heavy atom. The number of benzene rings is 1. The van der Waals surface area contributed by atoms with Crippen LogP contribution in [0, 0.1) is 11.3 Å². The van der Waals surface area contributed by atoms with Crippen LogP contribution in [0.15, 0.2) is 30.0 Å². The van der Waals surface area contributed by atoms with E-state index < -0.39 is 5.91 Å². The van der Waals surface area contributed by atoms with Gasteiger partial charge in [-0.1, -0.05) is 11.6 Å². The van der Waals surface area contributed by atoms with E-state index in [9.17, 15) is 4.79 Å². The summed E-state index contributed by atoms with van der Waals surface area (Å²) in [5, 5.41) is 23.1. The standard InChI is InChI=1S/C13H15ClN4O2/c14-11-6-10(16)2-3-12(11)18-13(20)9(7-15)8-17-4-1-5-19/h2-3,6,8,17,19H,1,4-5,16H2,(H,18,20)/b9-8-. The fourth-order valence-corrected chi connectivity index (χ4v) is 1.56. The highest BCUT2D eigenvalue weighted by atomic mass is 35.5. The summed E-state index contributed by atoms with van der Waals surface area (Å²) in [4.78, 5) is 11.9. The maximum Gasteiger partial charge on any atom is 0.267 e. The van der Waals surface area contributed by atoms with Gasteiger partial charge in [-0.25, -0.2) is 0 Å². The Bertz CT molecular complexity index is 552.